The van der Waals surface area contributed by atoms with E-state index in [1.54, 1.807) is 24.3 Å². The van der Waals surface area contributed by atoms with Gasteiger partial charge in [-0.25, -0.2) is 8.42 Å². The molecule has 0 bridgehead atoms. The Morgan fingerprint density at radius 3 is 2.44 bits per heavy atom. The molecule has 0 atom stereocenters. The summed E-state index contributed by atoms with van der Waals surface area (Å²) in [6.45, 7) is 0.536. The lowest BCUT2D eigenvalue weighted by Gasteiger charge is -2.05. The summed E-state index contributed by atoms with van der Waals surface area (Å²) >= 11 is 0. The summed E-state index contributed by atoms with van der Waals surface area (Å²) in [5.74, 6) is 2.22. The first-order valence-electron chi connectivity index (χ1n) is 4.82. The minimum atomic E-state index is -3.48. The van der Waals surface area contributed by atoms with Crippen molar-refractivity contribution in [3.63, 3.8) is 0 Å². The van der Waals surface area contributed by atoms with E-state index in [2.05, 4.69) is 10.6 Å². The van der Waals surface area contributed by atoms with Gasteiger partial charge in [0.1, 0.15) is 0 Å². The van der Waals surface area contributed by atoms with Crippen LogP contribution in [-0.4, -0.2) is 21.5 Å². The van der Waals surface area contributed by atoms with E-state index in [1.165, 1.54) is 0 Å². The maximum atomic E-state index is 11.6. The highest BCUT2D eigenvalue weighted by atomic mass is 32.2. The maximum Gasteiger partial charge on any atom is 0.241 e. The highest BCUT2D eigenvalue weighted by molar-refractivity contribution is 7.89. The van der Waals surface area contributed by atoms with E-state index in [-0.39, 0.29) is 11.4 Å². The molecule has 0 radical (unpaired) electrons. The lowest BCUT2D eigenvalue weighted by Crippen LogP contribution is -2.23. The standard InChI is InChI=1S/C11H14N2O2S/c1-2-9-13-16(14,15)11-5-3-10(4-6-11)7-8-12/h1,3-6,13H,7-9,12H2. The Labute approximate surface area is 95.9 Å². The van der Waals surface area contributed by atoms with Crippen LogP contribution in [0.2, 0.25) is 0 Å². The van der Waals surface area contributed by atoms with Gasteiger partial charge in [0.05, 0.1) is 11.4 Å². The van der Waals surface area contributed by atoms with Crippen LogP contribution >= 0.6 is 0 Å². The van der Waals surface area contributed by atoms with Gasteiger partial charge in [0, 0.05) is 0 Å². The molecule has 0 aromatic heterocycles. The molecule has 0 spiro atoms. The van der Waals surface area contributed by atoms with Crippen molar-refractivity contribution in [1.29, 1.82) is 0 Å². The van der Waals surface area contributed by atoms with E-state index in [4.69, 9.17) is 12.2 Å². The van der Waals surface area contributed by atoms with Crippen LogP contribution in [0, 0.1) is 12.3 Å². The number of terminal acetylenes is 1. The normalized spacial score (nSPS) is 11.0. The van der Waals surface area contributed by atoms with Gasteiger partial charge in [-0.3, -0.25) is 0 Å². The molecule has 1 aromatic carbocycles. The lowest BCUT2D eigenvalue weighted by atomic mass is 10.2. The average Bonchev–Trinajstić information content (AvgIpc) is 2.28. The molecule has 5 heteroatoms. The molecule has 3 N–H and O–H groups in total. The van der Waals surface area contributed by atoms with Gasteiger partial charge in [0.15, 0.2) is 0 Å². The van der Waals surface area contributed by atoms with E-state index in [1.807, 2.05) is 0 Å². The van der Waals surface area contributed by atoms with Crippen LogP contribution < -0.4 is 10.5 Å². The second-order valence-electron chi connectivity index (χ2n) is 3.21. The highest BCUT2D eigenvalue weighted by Crippen LogP contribution is 2.10. The molecule has 1 rings (SSSR count). The molecule has 0 saturated heterocycles. The van der Waals surface area contributed by atoms with Crippen LogP contribution in [0.15, 0.2) is 29.2 Å². The number of hydrogen-bond acceptors (Lipinski definition) is 3. The summed E-state index contributed by atoms with van der Waals surface area (Å²) in [5, 5.41) is 0. The van der Waals surface area contributed by atoms with Crippen molar-refractivity contribution in [3.05, 3.63) is 29.8 Å². The van der Waals surface area contributed by atoms with Gasteiger partial charge in [-0.2, -0.15) is 4.72 Å². The Kier molecular flexibility index (Phi) is 4.50. The van der Waals surface area contributed by atoms with Gasteiger partial charge in [0.25, 0.3) is 0 Å². The van der Waals surface area contributed by atoms with Crippen molar-refractivity contribution in [2.45, 2.75) is 11.3 Å². The molecule has 0 saturated carbocycles. The second kappa shape index (κ2) is 5.66. The molecule has 86 valence electrons. The molecule has 1 aromatic rings. The van der Waals surface area contributed by atoms with Crippen molar-refractivity contribution in [3.8, 4) is 12.3 Å². The molecule has 0 aliphatic rings. The van der Waals surface area contributed by atoms with Crippen LogP contribution in [0.1, 0.15) is 5.56 Å². The second-order valence-corrected chi connectivity index (χ2v) is 4.98. The predicted octanol–water partition coefficient (Wildman–Crippen LogP) is 0.0993. The summed E-state index contributed by atoms with van der Waals surface area (Å²) in [6.07, 6.45) is 5.72. The van der Waals surface area contributed by atoms with Crippen LogP contribution in [0.25, 0.3) is 0 Å². The Bertz CT molecular complexity index is 472. The molecule has 0 heterocycles. The lowest BCUT2D eigenvalue weighted by molar-refractivity contribution is 0.586. The largest absolute Gasteiger partial charge is 0.330 e. The number of rotatable bonds is 5. The molecule has 0 fully saturated rings. The molecule has 0 unspecified atom stereocenters. The zero-order valence-corrected chi connectivity index (χ0v) is 9.63. The molecule has 0 amide bonds. The fourth-order valence-electron chi connectivity index (χ4n) is 1.22. The zero-order chi connectivity index (χ0) is 12.0. The highest BCUT2D eigenvalue weighted by Gasteiger charge is 2.11. The summed E-state index contributed by atoms with van der Waals surface area (Å²) in [6, 6.07) is 6.59. The summed E-state index contributed by atoms with van der Waals surface area (Å²) in [4.78, 5) is 0.212. The van der Waals surface area contributed by atoms with E-state index >= 15 is 0 Å². The van der Waals surface area contributed by atoms with Crippen LogP contribution in [-0.2, 0) is 16.4 Å². The SMILES string of the molecule is C#CCNS(=O)(=O)c1ccc(CCN)cc1. The van der Waals surface area contributed by atoms with Crippen LogP contribution in [0.4, 0.5) is 0 Å². The molecule has 0 aliphatic carbocycles. The van der Waals surface area contributed by atoms with E-state index < -0.39 is 10.0 Å². The smallest absolute Gasteiger partial charge is 0.241 e. The van der Waals surface area contributed by atoms with E-state index in [9.17, 15) is 8.42 Å². The van der Waals surface area contributed by atoms with Crippen LogP contribution in [0.3, 0.4) is 0 Å². The Morgan fingerprint density at radius 2 is 1.94 bits per heavy atom. The molecule has 0 aliphatic heterocycles. The maximum absolute atomic E-state index is 11.6. The number of nitrogens with one attached hydrogen (secondary N) is 1. The Hall–Kier alpha value is -1.35. The average molecular weight is 238 g/mol. The minimum Gasteiger partial charge on any atom is -0.330 e. The number of nitrogens with two attached hydrogens (primary N) is 1. The summed E-state index contributed by atoms with van der Waals surface area (Å²) < 4.78 is 25.5. The molecular weight excluding hydrogens is 224 g/mol. The first-order valence-corrected chi connectivity index (χ1v) is 6.30. The summed E-state index contributed by atoms with van der Waals surface area (Å²) in [7, 11) is -3.48. The molecule has 16 heavy (non-hydrogen) atoms. The van der Waals surface area contributed by atoms with E-state index in [0.717, 1.165) is 12.0 Å². The van der Waals surface area contributed by atoms with Crippen molar-refractivity contribution < 1.29 is 8.42 Å². The van der Waals surface area contributed by atoms with Crippen molar-refractivity contribution in [2.24, 2.45) is 5.73 Å². The van der Waals surface area contributed by atoms with Gasteiger partial charge in [0.2, 0.25) is 10.0 Å². The quantitative estimate of drug-likeness (QED) is 0.715. The molecule has 4 nitrogen and oxygen atoms in total. The number of hydrogen-bond donors (Lipinski definition) is 2. The topological polar surface area (TPSA) is 72.2 Å². The van der Waals surface area contributed by atoms with Crippen molar-refractivity contribution in [2.75, 3.05) is 13.1 Å². The van der Waals surface area contributed by atoms with Crippen molar-refractivity contribution >= 4 is 10.0 Å². The number of sulfonamides is 1. The van der Waals surface area contributed by atoms with Gasteiger partial charge in [-0.05, 0) is 30.7 Å². The Balaban J connectivity index is 2.85. The van der Waals surface area contributed by atoms with Gasteiger partial charge in [-0.15, -0.1) is 6.42 Å². The fourth-order valence-corrected chi connectivity index (χ4v) is 2.16. The van der Waals surface area contributed by atoms with Gasteiger partial charge >= 0.3 is 0 Å². The zero-order valence-electron chi connectivity index (χ0n) is 8.81. The van der Waals surface area contributed by atoms with E-state index in [0.29, 0.717) is 6.54 Å². The third-order valence-corrected chi connectivity index (χ3v) is 3.45. The predicted molar refractivity (Wildman–Crippen MR) is 63.2 cm³/mol. The third-order valence-electron chi connectivity index (χ3n) is 2.03. The number of benzene rings is 1. The third kappa shape index (κ3) is 3.35. The summed E-state index contributed by atoms with van der Waals surface area (Å²) in [5.41, 5.74) is 6.41. The van der Waals surface area contributed by atoms with Gasteiger partial charge in [-0.1, -0.05) is 18.1 Å². The first-order chi connectivity index (χ1) is 7.60. The Morgan fingerprint density at radius 1 is 1.31 bits per heavy atom. The van der Waals surface area contributed by atoms with Gasteiger partial charge < -0.3 is 5.73 Å². The van der Waals surface area contributed by atoms with Crippen LogP contribution in [0.5, 0.6) is 0 Å². The molecular formula is C11H14N2O2S. The van der Waals surface area contributed by atoms with Crippen molar-refractivity contribution in [1.82, 2.24) is 4.72 Å². The minimum absolute atomic E-state index is 0.00706. The fraction of sp³-hybridized carbons (Fsp3) is 0.273. The first kappa shape index (κ1) is 12.7. The monoisotopic (exact) mass is 238 g/mol.